The number of nitro benzene ring substituents is 1. The fourth-order valence-corrected chi connectivity index (χ4v) is 3.94. The van der Waals surface area contributed by atoms with Gasteiger partial charge in [0.15, 0.2) is 11.5 Å². The molecule has 0 saturated carbocycles. The van der Waals surface area contributed by atoms with Crippen LogP contribution in [-0.2, 0) is 4.74 Å². The highest BCUT2D eigenvalue weighted by molar-refractivity contribution is 5.92. The monoisotopic (exact) mass is 570 g/mol. The van der Waals surface area contributed by atoms with E-state index in [1.807, 2.05) is 35.2 Å². The van der Waals surface area contributed by atoms with Gasteiger partial charge in [0, 0.05) is 30.9 Å². The van der Waals surface area contributed by atoms with Crippen LogP contribution < -0.4 is 25.1 Å². The average Bonchev–Trinajstić information content (AvgIpc) is 3.02. The summed E-state index contributed by atoms with van der Waals surface area (Å²) in [5.41, 5.74) is 4.12. The number of carbonyl (C=O) groups is 1. The molecule has 0 bridgehead atoms. The molecule has 0 radical (unpaired) electrons. The van der Waals surface area contributed by atoms with Crippen LogP contribution in [0.25, 0.3) is 0 Å². The highest BCUT2D eigenvalue weighted by Gasteiger charge is 2.18. The number of aromatic nitrogens is 3. The van der Waals surface area contributed by atoms with Gasteiger partial charge in [-0.2, -0.15) is 20.1 Å². The molecular formula is C28H26N8O6. The lowest BCUT2D eigenvalue weighted by molar-refractivity contribution is -0.384. The summed E-state index contributed by atoms with van der Waals surface area (Å²) < 4.78 is 16.3. The number of carbonyl (C=O) groups excluding carboxylic acids is 1. The van der Waals surface area contributed by atoms with Crippen molar-refractivity contribution in [3.63, 3.8) is 0 Å². The molecule has 4 aromatic rings. The van der Waals surface area contributed by atoms with Gasteiger partial charge in [-0.15, -0.1) is 0 Å². The zero-order chi connectivity index (χ0) is 29.3. The maximum absolute atomic E-state index is 12.6. The first-order chi connectivity index (χ1) is 20.5. The number of hydrazone groups is 1. The van der Waals surface area contributed by atoms with Crippen molar-refractivity contribution in [2.75, 3.05) is 49.1 Å². The van der Waals surface area contributed by atoms with Crippen molar-refractivity contribution in [1.82, 2.24) is 15.0 Å². The average molecular weight is 571 g/mol. The summed E-state index contributed by atoms with van der Waals surface area (Å²) in [6.45, 7) is 2.45. The van der Waals surface area contributed by atoms with Crippen LogP contribution in [0.1, 0.15) is 15.9 Å². The number of esters is 1. The van der Waals surface area contributed by atoms with E-state index in [0.717, 1.165) is 11.8 Å². The van der Waals surface area contributed by atoms with Crippen molar-refractivity contribution < 1.29 is 23.9 Å². The lowest BCUT2D eigenvalue weighted by atomic mass is 10.2. The predicted molar refractivity (Wildman–Crippen MR) is 155 cm³/mol. The van der Waals surface area contributed by atoms with E-state index in [4.69, 9.17) is 14.2 Å². The van der Waals surface area contributed by atoms with Crippen molar-refractivity contribution >= 4 is 41.4 Å². The number of benzene rings is 3. The van der Waals surface area contributed by atoms with Gasteiger partial charge in [-0.05, 0) is 42.0 Å². The van der Waals surface area contributed by atoms with Crippen molar-refractivity contribution in [2.24, 2.45) is 5.10 Å². The fraction of sp³-hybridized carbons (Fsp3) is 0.179. The molecule has 14 heteroatoms. The van der Waals surface area contributed by atoms with Crippen LogP contribution >= 0.6 is 0 Å². The van der Waals surface area contributed by atoms with Crippen LogP contribution in [0.15, 0.2) is 77.9 Å². The van der Waals surface area contributed by atoms with Gasteiger partial charge < -0.3 is 24.4 Å². The smallest absolute Gasteiger partial charge is 0.343 e. The molecule has 214 valence electrons. The molecule has 1 fully saturated rings. The van der Waals surface area contributed by atoms with E-state index in [1.165, 1.54) is 37.6 Å². The molecule has 0 aliphatic carbocycles. The number of para-hydroxylation sites is 1. The van der Waals surface area contributed by atoms with Gasteiger partial charge in [0.25, 0.3) is 5.69 Å². The lowest BCUT2D eigenvalue weighted by Gasteiger charge is -2.27. The fourth-order valence-electron chi connectivity index (χ4n) is 3.94. The number of nitro groups is 1. The Morgan fingerprint density at radius 2 is 1.79 bits per heavy atom. The Morgan fingerprint density at radius 3 is 2.55 bits per heavy atom. The minimum Gasteiger partial charge on any atom is -0.493 e. The summed E-state index contributed by atoms with van der Waals surface area (Å²) in [4.78, 5) is 38.6. The number of methoxy groups -OCH3 is 1. The molecule has 0 amide bonds. The van der Waals surface area contributed by atoms with Crippen LogP contribution in [0.2, 0.25) is 0 Å². The molecule has 1 saturated heterocycles. The third-order valence-electron chi connectivity index (χ3n) is 6.01. The van der Waals surface area contributed by atoms with Gasteiger partial charge in [0.1, 0.15) is 0 Å². The van der Waals surface area contributed by atoms with Crippen molar-refractivity contribution in [3.05, 3.63) is 94.0 Å². The number of anilines is 4. The quantitative estimate of drug-likeness (QED) is 0.0925. The van der Waals surface area contributed by atoms with Crippen molar-refractivity contribution in [2.45, 2.75) is 0 Å². The standard InChI is InChI=1S/C28H26N8O6/c1-40-24-16-19(10-11-23(24)42-25(37)20-6-5-9-22(17-20)36(38)39)18-29-34-27-31-26(30-21-7-3-2-4-8-21)32-28(33-27)35-12-14-41-15-13-35/h2-11,16-18H,12-15H2,1H3,(H2,30,31,32,33,34)/b29-18-. The summed E-state index contributed by atoms with van der Waals surface area (Å²) in [5.74, 6) is 0.722. The molecule has 1 aliphatic heterocycles. The molecule has 1 aliphatic rings. The number of nitrogens with zero attached hydrogens (tertiary/aromatic N) is 6. The van der Waals surface area contributed by atoms with Gasteiger partial charge in [-0.1, -0.05) is 24.3 Å². The molecular weight excluding hydrogens is 544 g/mol. The van der Waals surface area contributed by atoms with E-state index in [-0.39, 0.29) is 28.7 Å². The molecule has 0 spiro atoms. The van der Waals surface area contributed by atoms with Gasteiger partial charge >= 0.3 is 5.97 Å². The van der Waals surface area contributed by atoms with Crippen LogP contribution in [0, 0.1) is 10.1 Å². The van der Waals surface area contributed by atoms with E-state index in [0.29, 0.717) is 43.8 Å². The van der Waals surface area contributed by atoms with Gasteiger partial charge in [-0.3, -0.25) is 10.1 Å². The highest BCUT2D eigenvalue weighted by atomic mass is 16.6. The Kier molecular flexibility index (Phi) is 8.74. The van der Waals surface area contributed by atoms with E-state index < -0.39 is 10.9 Å². The second kappa shape index (κ2) is 13.1. The molecule has 14 nitrogen and oxygen atoms in total. The van der Waals surface area contributed by atoms with Crippen LogP contribution in [0.4, 0.5) is 29.2 Å². The predicted octanol–water partition coefficient (Wildman–Crippen LogP) is 4.03. The molecule has 2 N–H and O–H groups in total. The number of ether oxygens (including phenoxy) is 3. The Labute approximate surface area is 240 Å². The van der Waals surface area contributed by atoms with E-state index in [2.05, 4.69) is 30.8 Å². The first kappa shape index (κ1) is 27.9. The maximum Gasteiger partial charge on any atom is 0.343 e. The molecule has 3 aromatic carbocycles. The van der Waals surface area contributed by atoms with Crippen molar-refractivity contribution in [1.29, 1.82) is 0 Å². The Balaban J connectivity index is 1.30. The van der Waals surface area contributed by atoms with Crippen LogP contribution in [0.3, 0.4) is 0 Å². The van der Waals surface area contributed by atoms with Gasteiger partial charge in [0.2, 0.25) is 17.8 Å². The van der Waals surface area contributed by atoms with E-state index in [1.54, 1.807) is 12.1 Å². The molecule has 2 heterocycles. The zero-order valence-corrected chi connectivity index (χ0v) is 22.5. The van der Waals surface area contributed by atoms with E-state index >= 15 is 0 Å². The normalized spacial score (nSPS) is 13.0. The minimum atomic E-state index is -0.758. The van der Waals surface area contributed by atoms with Gasteiger partial charge in [-0.25, -0.2) is 10.2 Å². The van der Waals surface area contributed by atoms with Crippen molar-refractivity contribution in [3.8, 4) is 11.5 Å². The number of nitrogens with one attached hydrogen (secondary N) is 2. The summed E-state index contributed by atoms with van der Waals surface area (Å²) in [5, 5.41) is 18.5. The molecule has 1 aromatic heterocycles. The second-order valence-corrected chi connectivity index (χ2v) is 8.85. The Bertz CT molecular complexity index is 1590. The largest absolute Gasteiger partial charge is 0.493 e. The van der Waals surface area contributed by atoms with Crippen LogP contribution in [-0.4, -0.2) is 65.5 Å². The summed E-state index contributed by atoms with van der Waals surface area (Å²) in [7, 11) is 1.43. The molecule has 42 heavy (non-hydrogen) atoms. The summed E-state index contributed by atoms with van der Waals surface area (Å²) >= 11 is 0. The number of non-ortho nitro benzene ring substituents is 1. The van der Waals surface area contributed by atoms with Crippen LogP contribution in [0.5, 0.6) is 11.5 Å². The first-order valence-corrected chi connectivity index (χ1v) is 12.8. The Morgan fingerprint density at radius 1 is 1.00 bits per heavy atom. The minimum absolute atomic E-state index is 0.0380. The number of hydrogen-bond donors (Lipinski definition) is 2. The third-order valence-corrected chi connectivity index (χ3v) is 6.01. The summed E-state index contributed by atoms with van der Waals surface area (Å²) in [6.07, 6.45) is 1.52. The number of hydrogen-bond acceptors (Lipinski definition) is 13. The molecule has 5 rings (SSSR count). The maximum atomic E-state index is 12.6. The zero-order valence-electron chi connectivity index (χ0n) is 22.5. The first-order valence-electron chi connectivity index (χ1n) is 12.8. The third kappa shape index (κ3) is 7.11. The number of rotatable bonds is 10. The Hall–Kier alpha value is -5.63. The summed E-state index contributed by atoms with van der Waals surface area (Å²) in [6, 6.07) is 19.6. The van der Waals surface area contributed by atoms with E-state index in [9.17, 15) is 14.9 Å². The lowest BCUT2D eigenvalue weighted by Crippen LogP contribution is -2.37. The molecule has 0 unspecified atom stereocenters. The number of morpholine rings is 1. The SMILES string of the molecule is COc1cc(/C=N\Nc2nc(Nc3ccccc3)nc(N3CCOCC3)n2)ccc1OC(=O)c1cccc([N+](=O)[O-])c1. The second-order valence-electron chi connectivity index (χ2n) is 8.85. The highest BCUT2D eigenvalue weighted by Crippen LogP contribution is 2.29. The topological polar surface area (TPSA) is 166 Å². The molecule has 0 atom stereocenters. The van der Waals surface area contributed by atoms with Gasteiger partial charge in [0.05, 0.1) is 37.0 Å².